The molecule has 1 aromatic carbocycles. The van der Waals surface area contributed by atoms with Gasteiger partial charge in [0.25, 0.3) is 5.91 Å². The number of hydrogen-bond donors (Lipinski definition) is 1. The van der Waals surface area contributed by atoms with Gasteiger partial charge in [0.2, 0.25) is 0 Å². The Morgan fingerprint density at radius 3 is 2.79 bits per heavy atom. The van der Waals surface area contributed by atoms with Crippen LogP contribution in [0.25, 0.3) is 0 Å². The molecule has 1 saturated heterocycles. The average molecular weight is 382 g/mol. The molecular formula is C22H26N2O4. The van der Waals surface area contributed by atoms with Crippen molar-refractivity contribution in [3.8, 4) is 5.75 Å². The molecule has 148 valence electrons. The van der Waals surface area contributed by atoms with Gasteiger partial charge in [-0.3, -0.25) is 14.7 Å². The molecule has 3 heterocycles. The molecule has 2 aliphatic heterocycles. The number of rotatable bonds is 3. The molecule has 6 heteroatoms. The molecule has 0 radical (unpaired) electrons. The molecule has 1 fully saturated rings. The number of nitrogens with zero attached hydrogens (tertiary/aromatic N) is 2. The van der Waals surface area contributed by atoms with E-state index in [0.29, 0.717) is 37.4 Å². The molecule has 6 nitrogen and oxygen atoms in total. The Bertz CT molecular complexity index is 894. The molecule has 2 atom stereocenters. The van der Waals surface area contributed by atoms with E-state index in [2.05, 4.69) is 18.0 Å². The zero-order chi connectivity index (χ0) is 19.8. The van der Waals surface area contributed by atoms with Crippen molar-refractivity contribution in [2.75, 3.05) is 19.9 Å². The topological polar surface area (TPSA) is 71.9 Å². The lowest BCUT2D eigenvalue weighted by molar-refractivity contribution is -0.0697. The summed E-state index contributed by atoms with van der Waals surface area (Å²) in [5.74, 6) is 0.540. The van der Waals surface area contributed by atoms with Gasteiger partial charge in [0.1, 0.15) is 5.75 Å². The van der Waals surface area contributed by atoms with Crippen LogP contribution < -0.4 is 4.74 Å². The third kappa shape index (κ3) is 3.38. The van der Waals surface area contributed by atoms with Crippen LogP contribution in [0.4, 0.5) is 0 Å². The first-order chi connectivity index (χ1) is 13.5. The first-order valence-electron chi connectivity index (χ1n) is 9.70. The number of aliphatic hydroxyl groups is 1. The van der Waals surface area contributed by atoms with Crippen molar-refractivity contribution in [3.05, 3.63) is 57.9 Å². The van der Waals surface area contributed by atoms with E-state index >= 15 is 0 Å². The number of ether oxygens (including phenoxy) is 2. The fourth-order valence-electron chi connectivity index (χ4n) is 3.92. The van der Waals surface area contributed by atoms with Crippen molar-refractivity contribution in [3.63, 3.8) is 0 Å². The lowest BCUT2D eigenvalue weighted by Crippen LogP contribution is -2.55. The molecule has 2 unspecified atom stereocenters. The van der Waals surface area contributed by atoms with Crippen molar-refractivity contribution in [2.24, 2.45) is 0 Å². The van der Waals surface area contributed by atoms with Gasteiger partial charge in [0.05, 0.1) is 24.3 Å². The molecule has 0 spiro atoms. The van der Waals surface area contributed by atoms with Crippen LogP contribution in [0.5, 0.6) is 5.75 Å². The van der Waals surface area contributed by atoms with Gasteiger partial charge < -0.3 is 14.6 Å². The van der Waals surface area contributed by atoms with Crippen LogP contribution in [0.2, 0.25) is 0 Å². The Morgan fingerprint density at radius 2 is 2.07 bits per heavy atom. The second-order valence-electron chi connectivity index (χ2n) is 7.69. The van der Waals surface area contributed by atoms with Crippen molar-refractivity contribution in [1.82, 2.24) is 9.88 Å². The standard InChI is InChI=1S/C22H26N2O4/c1-13-4-5-16(10-23-13)8-17-9-18-21(15(3)14(17)2)28-12-24(22(18)26)19-11-27-7-6-20(19)25/h4-5,9-10,19-20,25H,6-8,11-12H2,1-3H3. The fourth-order valence-corrected chi connectivity index (χ4v) is 3.92. The predicted molar refractivity (Wildman–Crippen MR) is 105 cm³/mol. The summed E-state index contributed by atoms with van der Waals surface area (Å²) in [6, 6.07) is 5.62. The van der Waals surface area contributed by atoms with E-state index in [-0.39, 0.29) is 18.7 Å². The number of aromatic nitrogens is 1. The predicted octanol–water partition coefficient (Wildman–Crippen LogP) is 2.54. The number of carbonyl (C=O) groups is 1. The molecule has 28 heavy (non-hydrogen) atoms. The second kappa shape index (κ2) is 7.53. The maximum absolute atomic E-state index is 13.2. The lowest BCUT2D eigenvalue weighted by Gasteiger charge is -2.40. The van der Waals surface area contributed by atoms with E-state index in [1.807, 2.05) is 32.2 Å². The molecule has 1 aromatic heterocycles. The Kier molecular flexibility index (Phi) is 5.08. The molecule has 4 rings (SSSR count). The Balaban J connectivity index is 1.67. The smallest absolute Gasteiger partial charge is 0.260 e. The van der Waals surface area contributed by atoms with Crippen LogP contribution in [0.3, 0.4) is 0 Å². The number of pyridine rings is 1. The summed E-state index contributed by atoms with van der Waals surface area (Å²) in [6.45, 7) is 7.01. The number of aliphatic hydroxyl groups excluding tert-OH is 1. The molecule has 2 aromatic rings. The van der Waals surface area contributed by atoms with E-state index in [9.17, 15) is 9.90 Å². The molecular weight excluding hydrogens is 356 g/mol. The fraction of sp³-hybridized carbons (Fsp3) is 0.455. The highest BCUT2D eigenvalue weighted by molar-refractivity contribution is 5.99. The third-order valence-electron chi connectivity index (χ3n) is 5.85. The van der Waals surface area contributed by atoms with Crippen molar-refractivity contribution in [2.45, 2.75) is 45.8 Å². The van der Waals surface area contributed by atoms with E-state index in [1.54, 1.807) is 4.90 Å². The Morgan fingerprint density at radius 1 is 1.25 bits per heavy atom. The van der Waals surface area contributed by atoms with E-state index in [0.717, 1.165) is 27.9 Å². The first-order valence-corrected chi connectivity index (χ1v) is 9.70. The minimum Gasteiger partial charge on any atom is -0.472 e. The van der Waals surface area contributed by atoms with Gasteiger partial charge in [-0.2, -0.15) is 0 Å². The minimum absolute atomic E-state index is 0.109. The summed E-state index contributed by atoms with van der Waals surface area (Å²) in [5, 5.41) is 10.3. The highest BCUT2D eigenvalue weighted by atomic mass is 16.5. The Labute approximate surface area is 165 Å². The summed E-state index contributed by atoms with van der Waals surface area (Å²) in [5.41, 5.74) is 5.84. The van der Waals surface area contributed by atoms with Gasteiger partial charge in [0.15, 0.2) is 6.73 Å². The molecule has 0 bridgehead atoms. The average Bonchev–Trinajstić information content (AvgIpc) is 2.69. The van der Waals surface area contributed by atoms with Gasteiger partial charge in [-0.05, 0) is 68.0 Å². The van der Waals surface area contributed by atoms with Gasteiger partial charge in [-0.1, -0.05) is 6.07 Å². The quantitative estimate of drug-likeness (QED) is 0.883. The SMILES string of the molecule is Cc1ccc(Cc2cc3c(c(C)c2C)OCN(C2COCCC2O)C3=O)cn1. The van der Waals surface area contributed by atoms with E-state index in [1.165, 1.54) is 0 Å². The zero-order valence-corrected chi connectivity index (χ0v) is 16.6. The lowest BCUT2D eigenvalue weighted by atomic mass is 9.92. The van der Waals surface area contributed by atoms with Crippen molar-refractivity contribution >= 4 is 5.91 Å². The Hall–Kier alpha value is -2.44. The highest BCUT2D eigenvalue weighted by Gasteiger charge is 2.37. The summed E-state index contributed by atoms with van der Waals surface area (Å²) >= 11 is 0. The number of fused-ring (bicyclic) bond motifs is 1. The van der Waals surface area contributed by atoms with Gasteiger partial charge >= 0.3 is 0 Å². The molecule has 1 amide bonds. The van der Waals surface area contributed by atoms with E-state index < -0.39 is 6.10 Å². The number of carbonyl (C=O) groups excluding carboxylic acids is 1. The number of hydrogen-bond acceptors (Lipinski definition) is 5. The van der Waals surface area contributed by atoms with Gasteiger partial charge in [0, 0.05) is 18.5 Å². The maximum Gasteiger partial charge on any atom is 0.260 e. The van der Waals surface area contributed by atoms with Gasteiger partial charge in [-0.15, -0.1) is 0 Å². The van der Waals surface area contributed by atoms with Crippen LogP contribution in [-0.4, -0.2) is 53.0 Å². The van der Waals surface area contributed by atoms with Crippen molar-refractivity contribution in [1.29, 1.82) is 0 Å². The summed E-state index contributed by atoms with van der Waals surface area (Å²) < 4.78 is 11.4. The van der Waals surface area contributed by atoms with E-state index in [4.69, 9.17) is 9.47 Å². The second-order valence-corrected chi connectivity index (χ2v) is 7.69. The minimum atomic E-state index is -0.590. The van der Waals surface area contributed by atoms with Crippen LogP contribution >= 0.6 is 0 Å². The third-order valence-corrected chi connectivity index (χ3v) is 5.85. The van der Waals surface area contributed by atoms with Crippen LogP contribution in [-0.2, 0) is 11.2 Å². The monoisotopic (exact) mass is 382 g/mol. The van der Waals surface area contributed by atoms with Crippen molar-refractivity contribution < 1.29 is 19.4 Å². The molecule has 0 saturated carbocycles. The van der Waals surface area contributed by atoms with Crippen LogP contribution in [0.1, 0.15) is 44.7 Å². The normalized spacial score (nSPS) is 22.0. The molecule has 1 N–H and O–H groups in total. The number of amides is 1. The van der Waals surface area contributed by atoms with Crippen LogP contribution in [0, 0.1) is 20.8 Å². The molecule has 2 aliphatic rings. The summed E-state index contributed by atoms with van der Waals surface area (Å²) in [6.07, 6.45) is 2.52. The highest BCUT2D eigenvalue weighted by Crippen LogP contribution is 2.35. The largest absolute Gasteiger partial charge is 0.472 e. The molecule has 0 aliphatic carbocycles. The first kappa shape index (κ1) is 18.9. The summed E-state index contributed by atoms with van der Waals surface area (Å²) in [4.78, 5) is 19.2. The summed E-state index contributed by atoms with van der Waals surface area (Å²) in [7, 11) is 0. The van der Waals surface area contributed by atoms with Crippen LogP contribution in [0.15, 0.2) is 24.4 Å². The number of aryl methyl sites for hydroxylation is 1. The van der Waals surface area contributed by atoms with Gasteiger partial charge in [-0.25, -0.2) is 0 Å². The number of benzene rings is 1. The maximum atomic E-state index is 13.2. The zero-order valence-electron chi connectivity index (χ0n) is 16.6.